The summed E-state index contributed by atoms with van der Waals surface area (Å²) in [5.74, 6) is -2.11. The fourth-order valence-electron chi connectivity index (χ4n) is 3.31. The highest BCUT2D eigenvalue weighted by molar-refractivity contribution is 5.76. The molecule has 0 aromatic carbocycles. The van der Waals surface area contributed by atoms with Crippen LogP contribution < -0.4 is 0 Å². The summed E-state index contributed by atoms with van der Waals surface area (Å²) in [6.07, 6.45) is 2.81. The summed E-state index contributed by atoms with van der Waals surface area (Å²) in [5.41, 5.74) is -1.28. The number of carboxylic acids is 2. The third-order valence-corrected chi connectivity index (χ3v) is 5.54. The Kier molecular flexibility index (Phi) is 21.1. The number of hydrogen-bond acceptors (Lipinski definition) is 8. The summed E-state index contributed by atoms with van der Waals surface area (Å²) in [7, 11) is 0. The molecule has 0 aliphatic carbocycles. The maximum absolute atomic E-state index is 12.2. The molecule has 0 amide bonds. The van der Waals surface area contributed by atoms with Gasteiger partial charge in [0.1, 0.15) is 0 Å². The van der Waals surface area contributed by atoms with Crippen LogP contribution in [0, 0.1) is 5.41 Å². The highest BCUT2D eigenvalue weighted by atomic mass is 16.7. The maximum atomic E-state index is 12.2. The molecule has 0 bridgehead atoms. The van der Waals surface area contributed by atoms with Crippen molar-refractivity contribution >= 4 is 11.9 Å². The lowest BCUT2D eigenvalue weighted by atomic mass is 9.77. The number of aliphatic carboxylic acids is 2. The van der Waals surface area contributed by atoms with Crippen LogP contribution in [-0.2, 0) is 38.0 Å². The van der Waals surface area contributed by atoms with Gasteiger partial charge in [0.25, 0.3) is 0 Å². The van der Waals surface area contributed by atoms with Gasteiger partial charge in [0, 0.05) is 46.1 Å². The summed E-state index contributed by atoms with van der Waals surface area (Å²) in [4.78, 5) is 23.4. The monoisotopic (exact) mass is 508 g/mol. The summed E-state index contributed by atoms with van der Waals surface area (Å²) in [5, 5.41) is 19.2. The first kappa shape index (κ1) is 33.7. The zero-order valence-electron chi connectivity index (χ0n) is 22.1. The van der Waals surface area contributed by atoms with Crippen molar-refractivity contribution in [2.75, 3.05) is 52.9 Å². The first-order chi connectivity index (χ1) is 16.8. The Morgan fingerprint density at radius 3 is 1.49 bits per heavy atom. The molecule has 35 heavy (non-hydrogen) atoms. The van der Waals surface area contributed by atoms with E-state index in [0.717, 1.165) is 25.7 Å². The van der Waals surface area contributed by atoms with Crippen molar-refractivity contribution in [2.45, 2.75) is 91.6 Å². The highest BCUT2D eigenvalue weighted by Crippen LogP contribution is 2.33. The van der Waals surface area contributed by atoms with Crippen molar-refractivity contribution in [3.8, 4) is 0 Å². The Morgan fingerprint density at radius 1 is 0.686 bits per heavy atom. The van der Waals surface area contributed by atoms with Gasteiger partial charge in [-0.1, -0.05) is 26.7 Å². The minimum Gasteiger partial charge on any atom is -0.481 e. The normalized spacial score (nSPS) is 15.0. The molecule has 2 N–H and O–H groups in total. The van der Waals surface area contributed by atoms with Crippen LogP contribution in [0.3, 0.4) is 0 Å². The molecule has 10 nitrogen and oxygen atoms in total. The Balaban J connectivity index is 4.87. The predicted molar refractivity (Wildman–Crippen MR) is 130 cm³/mol. The molecule has 0 spiro atoms. The van der Waals surface area contributed by atoms with E-state index in [4.69, 9.17) is 33.5 Å². The second kappa shape index (κ2) is 21.9. The largest absolute Gasteiger partial charge is 0.481 e. The molecule has 0 heterocycles. The Morgan fingerprint density at radius 2 is 1.14 bits per heavy atom. The smallest absolute Gasteiger partial charge is 0.309 e. The molecule has 0 saturated carbocycles. The summed E-state index contributed by atoms with van der Waals surface area (Å²) >= 11 is 0. The summed E-state index contributed by atoms with van der Waals surface area (Å²) in [6, 6.07) is 0. The van der Waals surface area contributed by atoms with Crippen molar-refractivity contribution in [2.24, 2.45) is 5.41 Å². The third kappa shape index (κ3) is 16.9. The van der Waals surface area contributed by atoms with Crippen molar-refractivity contribution in [1.82, 2.24) is 0 Å². The first-order valence-electron chi connectivity index (χ1n) is 12.9. The lowest BCUT2D eigenvalue weighted by Gasteiger charge is -2.29. The van der Waals surface area contributed by atoms with Crippen LogP contribution in [0.4, 0.5) is 0 Å². The lowest BCUT2D eigenvalue weighted by molar-refractivity contribution is -0.176. The van der Waals surface area contributed by atoms with Crippen molar-refractivity contribution < 1.29 is 48.2 Å². The second-order valence-electron chi connectivity index (χ2n) is 8.35. The molecular weight excluding hydrogens is 460 g/mol. The van der Waals surface area contributed by atoms with Crippen LogP contribution in [0.1, 0.15) is 79.1 Å². The number of rotatable bonds is 26. The minimum absolute atomic E-state index is 0.0197. The van der Waals surface area contributed by atoms with Crippen molar-refractivity contribution in [3.63, 3.8) is 0 Å². The van der Waals surface area contributed by atoms with Gasteiger partial charge in [-0.25, -0.2) is 0 Å². The number of carbonyl (C=O) groups is 2. The number of ether oxygens (including phenoxy) is 6. The summed E-state index contributed by atoms with van der Waals surface area (Å²) < 4.78 is 33.7. The third-order valence-electron chi connectivity index (χ3n) is 5.54. The summed E-state index contributed by atoms with van der Waals surface area (Å²) in [6.45, 7) is 10.5. The first-order valence-corrected chi connectivity index (χ1v) is 12.9. The van der Waals surface area contributed by atoms with Gasteiger partial charge in [0.2, 0.25) is 0 Å². The van der Waals surface area contributed by atoms with Crippen LogP contribution in [0.2, 0.25) is 0 Å². The molecule has 0 aliphatic rings. The standard InChI is InChI=1S/C25H48O10/c1-5-9-15-34-22(32-7-3)19-30-17-13-25(24(28)29,12-11-21(26)27)14-18-31-20-23(33-8-4)35-16-10-6-2/h22-23H,5-20H2,1-4H3,(H,26,27)(H,28,29). The van der Waals surface area contributed by atoms with Gasteiger partial charge >= 0.3 is 11.9 Å². The van der Waals surface area contributed by atoms with E-state index in [2.05, 4.69) is 13.8 Å². The number of unbranched alkanes of at least 4 members (excludes halogenated alkanes) is 2. The van der Waals surface area contributed by atoms with Crippen LogP contribution in [0.25, 0.3) is 0 Å². The molecule has 2 atom stereocenters. The topological polar surface area (TPSA) is 130 Å². The quantitative estimate of drug-likeness (QED) is 0.130. The van der Waals surface area contributed by atoms with Gasteiger partial charge in [0.05, 0.1) is 18.6 Å². The van der Waals surface area contributed by atoms with E-state index in [-0.39, 0.29) is 52.1 Å². The predicted octanol–water partition coefficient (Wildman–Crippen LogP) is 4.09. The number of hydrogen-bond donors (Lipinski definition) is 2. The van der Waals surface area contributed by atoms with Crippen LogP contribution in [-0.4, -0.2) is 87.6 Å². The van der Waals surface area contributed by atoms with Gasteiger partial charge < -0.3 is 38.6 Å². The average Bonchev–Trinajstić information content (AvgIpc) is 2.82. The van der Waals surface area contributed by atoms with Gasteiger partial charge in [-0.05, 0) is 46.0 Å². The van der Waals surface area contributed by atoms with Crippen LogP contribution >= 0.6 is 0 Å². The van der Waals surface area contributed by atoms with Gasteiger partial charge in [-0.3, -0.25) is 9.59 Å². The van der Waals surface area contributed by atoms with Gasteiger partial charge in [-0.2, -0.15) is 0 Å². The molecule has 208 valence electrons. The molecule has 0 saturated heterocycles. The fraction of sp³-hybridized carbons (Fsp3) is 0.920. The molecule has 0 aromatic heterocycles. The van der Waals surface area contributed by atoms with Gasteiger partial charge in [-0.15, -0.1) is 0 Å². The number of carboxylic acid groups (broad SMARTS) is 2. The lowest BCUT2D eigenvalue weighted by Crippen LogP contribution is -2.35. The van der Waals surface area contributed by atoms with E-state index in [1.54, 1.807) is 0 Å². The SMILES string of the molecule is CCCCOC(COCCC(CCOCC(OCC)OCCCC)(CCC(=O)O)C(=O)O)OCC. The molecular formula is C25H48O10. The fourth-order valence-corrected chi connectivity index (χ4v) is 3.31. The molecule has 2 unspecified atom stereocenters. The van der Waals surface area contributed by atoms with E-state index in [9.17, 15) is 14.7 Å². The van der Waals surface area contributed by atoms with E-state index < -0.39 is 29.9 Å². The van der Waals surface area contributed by atoms with Crippen molar-refractivity contribution in [1.29, 1.82) is 0 Å². The molecule has 10 heteroatoms. The Hall–Kier alpha value is -1.30. The highest BCUT2D eigenvalue weighted by Gasteiger charge is 2.38. The maximum Gasteiger partial charge on any atom is 0.309 e. The molecule has 0 aliphatic heterocycles. The Bertz CT molecular complexity index is 500. The zero-order valence-corrected chi connectivity index (χ0v) is 22.1. The van der Waals surface area contributed by atoms with Crippen LogP contribution in [0.15, 0.2) is 0 Å². The second-order valence-corrected chi connectivity index (χ2v) is 8.35. The average molecular weight is 509 g/mol. The molecule has 0 rings (SSSR count). The zero-order chi connectivity index (χ0) is 26.4. The Labute approximate surface area is 210 Å². The molecule has 0 aromatic rings. The van der Waals surface area contributed by atoms with Crippen molar-refractivity contribution in [3.05, 3.63) is 0 Å². The molecule has 0 fully saturated rings. The minimum atomic E-state index is -1.28. The molecule has 0 radical (unpaired) electrons. The van der Waals surface area contributed by atoms with Crippen LogP contribution in [0.5, 0.6) is 0 Å². The van der Waals surface area contributed by atoms with E-state index in [1.165, 1.54) is 0 Å². The van der Waals surface area contributed by atoms with E-state index in [0.29, 0.717) is 26.4 Å². The van der Waals surface area contributed by atoms with Gasteiger partial charge in [0.15, 0.2) is 12.6 Å². The van der Waals surface area contributed by atoms with E-state index in [1.807, 2.05) is 13.8 Å². The van der Waals surface area contributed by atoms with E-state index >= 15 is 0 Å².